The Bertz CT molecular complexity index is 1260. The fourth-order valence-electron chi connectivity index (χ4n) is 3.18. The lowest BCUT2D eigenvalue weighted by Crippen LogP contribution is -2.30. The van der Waals surface area contributed by atoms with Crippen molar-refractivity contribution < 1.29 is 31.5 Å². The number of hydrogen-bond donors (Lipinski definition) is 3. The molecule has 0 unspecified atom stereocenters. The van der Waals surface area contributed by atoms with Crippen molar-refractivity contribution in [3.05, 3.63) is 48.0 Å². The Labute approximate surface area is 192 Å². The second kappa shape index (κ2) is 10.2. The van der Waals surface area contributed by atoms with Crippen LogP contribution in [0.5, 0.6) is 5.75 Å². The molecule has 0 aromatic heterocycles. The third-order valence-corrected chi connectivity index (χ3v) is 7.63. The lowest BCUT2D eigenvalue weighted by molar-refractivity contribution is -0.139. The van der Waals surface area contributed by atoms with Crippen LogP contribution in [0.25, 0.3) is 0 Å². The summed E-state index contributed by atoms with van der Waals surface area (Å²) in [6, 6.07) is 9.37. The van der Waals surface area contributed by atoms with E-state index in [0.717, 1.165) is 19.3 Å². The average molecular weight is 496 g/mol. The van der Waals surface area contributed by atoms with E-state index in [1.54, 1.807) is 6.92 Å². The van der Waals surface area contributed by atoms with Crippen molar-refractivity contribution in [3.8, 4) is 5.75 Å². The Hall–Kier alpha value is -3.12. The van der Waals surface area contributed by atoms with Crippen LogP contribution in [0.15, 0.2) is 57.2 Å². The third-order valence-electron chi connectivity index (χ3n) is 4.85. The van der Waals surface area contributed by atoms with E-state index in [4.69, 9.17) is 9.84 Å². The number of hydrogen-bond acceptors (Lipinski definition) is 7. The molecule has 12 heteroatoms. The maximum Gasteiger partial charge on any atom is 0.341 e. The second-order valence-electron chi connectivity index (χ2n) is 7.48. The third kappa shape index (κ3) is 6.68. The van der Waals surface area contributed by atoms with Gasteiger partial charge in [-0.2, -0.15) is 0 Å². The van der Waals surface area contributed by atoms with Crippen LogP contribution in [0.2, 0.25) is 0 Å². The van der Waals surface area contributed by atoms with Crippen molar-refractivity contribution in [1.82, 2.24) is 4.72 Å². The van der Waals surface area contributed by atoms with Gasteiger partial charge in [0.2, 0.25) is 0 Å². The monoisotopic (exact) mass is 495 g/mol. The summed E-state index contributed by atoms with van der Waals surface area (Å²) in [6.45, 7) is 1.65. The molecular weight excluding hydrogens is 470 g/mol. The summed E-state index contributed by atoms with van der Waals surface area (Å²) in [5, 5.41) is 8.70. The van der Waals surface area contributed by atoms with Crippen LogP contribution in [0.3, 0.4) is 0 Å². The number of aliphatic carboxylic acids is 1. The standard InChI is InChI=1S/C21H25N3O7S2/c1-15-13-18(10-11-19(15)31-14-21(25)26)33(29,30)23-16-6-8-17(9-7-16)32(27,28)24-20-5-3-2-4-12-22-20/h6-11,13,23H,2-5,12,14H2,1H3,(H,22,24)(H,25,26). The number of carbonyl (C=O) groups is 1. The molecule has 0 amide bonds. The highest BCUT2D eigenvalue weighted by Gasteiger charge is 2.19. The molecule has 1 aliphatic rings. The van der Waals surface area contributed by atoms with E-state index in [9.17, 15) is 21.6 Å². The van der Waals surface area contributed by atoms with Gasteiger partial charge in [0, 0.05) is 18.7 Å². The first-order valence-electron chi connectivity index (χ1n) is 10.2. The van der Waals surface area contributed by atoms with E-state index in [1.165, 1.54) is 42.5 Å². The van der Waals surface area contributed by atoms with Crippen molar-refractivity contribution in [3.63, 3.8) is 0 Å². The van der Waals surface area contributed by atoms with E-state index < -0.39 is 32.6 Å². The summed E-state index contributed by atoms with van der Waals surface area (Å²) in [5.41, 5.74) is 0.637. The number of carboxylic acid groups (broad SMARTS) is 1. The molecule has 0 saturated carbocycles. The average Bonchev–Trinajstić information content (AvgIpc) is 3.01. The van der Waals surface area contributed by atoms with Crippen molar-refractivity contribution >= 4 is 37.5 Å². The molecule has 178 valence electrons. The Morgan fingerprint density at radius 1 is 0.970 bits per heavy atom. The zero-order valence-electron chi connectivity index (χ0n) is 17.9. The maximum atomic E-state index is 12.7. The molecule has 0 atom stereocenters. The molecule has 0 bridgehead atoms. The minimum absolute atomic E-state index is 0.00632. The Morgan fingerprint density at radius 3 is 2.30 bits per heavy atom. The van der Waals surface area contributed by atoms with Crippen molar-refractivity contribution in [2.75, 3.05) is 17.9 Å². The Morgan fingerprint density at radius 2 is 1.64 bits per heavy atom. The largest absolute Gasteiger partial charge is 0.482 e. The molecule has 0 saturated heterocycles. The van der Waals surface area contributed by atoms with E-state index in [0.29, 0.717) is 24.4 Å². The molecule has 0 fully saturated rings. The second-order valence-corrected chi connectivity index (χ2v) is 10.8. The van der Waals surface area contributed by atoms with E-state index in [1.807, 2.05) is 0 Å². The number of sulfonamides is 2. The molecule has 2 aromatic rings. The fraction of sp³-hybridized carbons (Fsp3) is 0.333. The number of nitrogens with one attached hydrogen (secondary N) is 2. The van der Waals surface area contributed by atoms with Gasteiger partial charge in [0.1, 0.15) is 11.6 Å². The minimum Gasteiger partial charge on any atom is -0.482 e. The minimum atomic E-state index is -3.96. The van der Waals surface area contributed by atoms with Gasteiger partial charge in [0.05, 0.1) is 9.79 Å². The van der Waals surface area contributed by atoms with Crippen LogP contribution in [0, 0.1) is 6.92 Å². The highest BCUT2D eigenvalue weighted by molar-refractivity contribution is 7.92. The summed E-state index contributed by atoms with van der Waals surface area (Å²) in [6.07, 6.45) is 3.36. The predicted octanol–water partition coefficient (Wildman–Crippen LogP) is 2.51. The number of aliphatic imine (C=N–C) groups is 1. The van der Waals surface area contributed by atoms with Gasteiger partial charge in [0.25, 0.3) is 20.0 Å². The first-order valence-corrected chi connectivity index (χ1v) is 13.2. The number of rotatable bonds is 8. The first-order chi connectivity index (χ1) is 15.6. The van der Waals surface area contributed by atoms with Gasteiger partial charge in [-0.15, -0.1) is 0 Å². The predicted molar refractivity (Wildman–Crippen MR) is 123 cm³/mol. The zero-order valence-corrected chi connectivity index (χ0v) is 19.6. The molecular formula is C21H25N3O7S2. The molecule has 3 rings (SSSR count). The molecule has 1 heterocycles. The van der Waals surface area contributed by atoms with Gasteiger partial charge < -0.3 is 9.84 Å². The summed E-state index contributed by atoms with van der Waals surface area (Å²) in [4.78, 5) is 14.8. The number of aryl methyl sites for hydroxylation is 1. The molecule has 0 aliphatic carbocycles. The lowest BCUT2D eigenvalue weighted by atomic mass is 10.2. The summed E-state index contributed by atoms with van der Waals surface area (Å²) < 4.78 is 60.7. The smallest absolute Gasteiger partial charge is 0.341 e. The summed E-state index contributed by atoms with van der Waals surface area (Å²) in [5.74, 6) is -0.448. The molecule has 0 spiro atoms. The molecule has 0 radical (unpaired) electrons. The van der Waals surface area contributed by atoms with E-state index >= 15 is 0 Å². The summed E-state index contributed by atoms with van der Waals surface area (Å²) in [7, 11) is -7.79. The van der Waals surface area contributed by atoms with Crippen LogP contribution in [-0.4, -0.2) is 46.9 Å². The Kier molecular flexibility index (Phi) is 7.59. The SMILES string of the molecule is Cc1cc(S(=O)(=O)Nc2ccc(S(=O)(=O)NC3=NCCCCC3)cc2)ccc1OCC(=O)O. The van der Waals surface area contributed by atoms with Crippen molar-refractivity contribution in [2.45, 2.75) is 42.4 Å². The molecule has 10 nitrogen and oxygen atoms in total. The fourth-order valence-corrected chi connectivity index (χ4v) is 5.41. The molecule has 1 aliphatic heterocycles. The quantitative estimate of drug-likeness (QED) is 0.509. The first kappa shape index (κ1) is 24.5. The van der Waals surface area contributed by atoms with Gasteiger partial charge in [-0.3, -0.25) is 14.4 Å². The van der Waals surface area contributed by atoms with E-state index in [2.05, 4.69) is 14.4 Å². The Balaban J connectivity index is 1.71. The highest BCUT2D eigenvalue weighted by atomic mass is 32.2. The summed E-state index contributed by atoms with van der Waals surface area (Å²) >= 11 is 0. The number of nitrogens with zero attached hydrogens (tertiary/aromatic N) is 1. The molecule has 2 aromatic carbocycles. The number of carboxylic acids is 1. The van der Waals surface area contributed by atoms with Crippen molar-refractivity contribution in [1.29, 1.82) is 0 Å². The van der Waals surface area contributed by atoms with Gasteiger partial charge in [-0.25, -0.2) is 21.6 Å². The van der Waals surface area contributed by atoms with Gasteiger partial charge in [-0.05, 0) is 67.8 Å². The maximum absolute atomic E-state index is 12.7. The zero-order chi connectivity index (χ0) is 24.1. The van der Waals surface area contributed by atoms with Crippen LogP contribution in [-0.2, 0) is 24.8 Å². The van der Waals surface area contributed by atoms with Gasteiger partial charge >= 0.3 is 5.97 Å². The van der Waals surface area contributed by atoms with Gasteiger partial charge in [-0.1, -0.05) is 6.42 Å². The number of amidine groups is 1. The van der Waals surface area contributed by atoms with Gasteiger partial charge in [0.15, 0.2) is 6.61 Å². The highest BCUT2D eigenvalue weighted by Crippen LogP contribution is 2.24. The van der Waals surface area contributed by atoms with E-state index in [-0.39, 0.29) is 21.2 Å². The molecule has 3 N–H and O–H groups in total. The lowest BCUT2D eigenvalue weighted by Gasteiger charge is -2.12. The molecule has 33 heavy (non-hydrogen) atoms. The van der Waals surface area contributed by atoms with Crippen LogP contribution in [0.4, 0.5) is 5.69 Å². The number of benzene rings is 2. The number of ether oxygens (including phenoxy) is 1. The topological polar surface area (TPSA) is 151 Å². The van der Waals surface area contributed by atoms with Crippen LogP contribution < -0.4 is 14.2 Å². The van der Waals surface area contributed by atoms with Crippen LogP contribution >= 0.6 is 0 Å². The normalized spacial score (nSPS) is 14.6. The van der Waals surface area contributed by atoms with Crippen molar-refractivity contribution in [2.24, 2.45) is 4.99 Å². The number of anilines is 1. The van der Waals surface area contributed by atoms with Crippen LogP contribution in [0.1, 0.15) is 31.2 Å².